The van der Waals surface area contributed by atoms with E-state index in [1.54, 1.807) is 0 Å². The summed E-state index contributed by atoms with van der Waals surface area (Å²) in [6.45, 7) is 0. The van der Waals surface area contributed by atoms with E-state index in [9.17, 15) is 13.2 Å². The first-order chi connectivity index (χ1) is 4.47. The van der Waals surface area contributed by atoms with E-state index in [1.165, 1.54) is 0 Å². The van der Waals surface area contributed by atoms with Crippen molar-refractivity contribution in [1.82, 2.24) is 0 Å². The molecule has 1 nitrogen and oxygen atoms in total. The molecule has 0 atom stereocenters. The Morgan fingerprint density at radius 3 is 2.10 bits per heavy atom. The quantitative estimate of drug-likeness (QED) is 0.650. The summed E-state index contributed by atoms with van der Waals surface area (Å²) < 4.78 is 34.7. The number of hydrogen-bond acceptors (Lipinski definition) is 2. The highest BCUT2D eigenvalue weighted by Gasteiger charge is 2.38. The van der Waals surface area contributed by atoms with Crippen molar-refractivity contribution < 1.29 is 13.2 Å². The molecule has 0 spiro atoms. The Balaban J connectivity index is 2.16. The molecule has 0 aliphatic heterocycles. The van der Waals surface area contributed by atoms with Crippen LogP contribution in [-0.4, -0.2) is 16.8 Å². The fourth-order valence-electron chi connectivity index (χ4n) is 0.892. The number of halogens is 3. The normalized spacial score (nSPS) is 33.6. The van der Waals surface area contributed by atoms with Crippen LogP contribution in [0.1, 0.15) is 12.8 Å². The molecular formula is C5H8F3NS. The molecule has 0 aromatic heterocycles. The summed E-state index contributed by atoms with van der Waals surface area (Å²) >= 11 is 0.0673. The first-order valence-corrected chi connectivity index (χ1v) is 3.85. The number of nitrogens with two attached hydrogens (primary N) is 1. The van der Waals surface area contributed by atoms with Crippen LogP contribution in [-0.2, 0) is 0 Å². The molecule has 2 N–H and O–H groups in total. The molecule has 60 valence electrons. The van der Waals surface area contributed by atoms with Crippen LogP contribution in [0.4, 0.5) is 13.2 Å². The van der Waals surface area contributed by atoms with Gasteiger partial charge in [-0.25, -0.2) is 0 Å². The van der Waals surface area contributed by atoms with Crippen LogP contribution in [0.5, 0.6) is 0 Å². The minimum atomic E-state index is -4.08. The largest absolute Gasteiger partial charge is 0.442 e. The summed E-state index contributed by atoms with van der Waals surface area (Å²) in [5.41, 5.74) is 1.23. The number of hydrogen-bond donors (Lipinski definition) is 1. The van der Waals surface area contributed by atoms with Crippen molar-refractivity contribution in [1.29, 1.82) is 0 Å². The van der Waals surface area contributed by atoms with Gasteiger partial charge in [0, 0.05) is 11.3 Å². The molecular weight excluding hydrogens is 163 g/mol. The second kappa shape index (κ2) is 2.62. The maximum absolute atomic E-state index is 11.6. The van der Waals surface area contributed by atoms with Gasteiger partial charge in [-0.2, -0.15) is 13.2 Å². The molecule has 1 aliphatic carbocycles. The van der Waals surface area contributed by atoms with Gasteiger partial charge in [-0.3, -0.25) is 0 Å². The molecule has 0 saturated heterocycles. The molecule has 0 aromatic rings. The van der Waals surface area contributed by atoms with Crippen molar-refractivity contribution in [2.24, 2.45) is 5.73 Å². The molecule has 0 radical (unpaired) electrons. The van der Waals surface area contributed by atoms with Crippen LogP contribution >= 0.6 is 11.8 Å². The molecule has 1 aliphatic rings. The second-order valence-electron chi connectivity index (χ2n) is 2.42. The summed E-state index contributed by atoms with van der Waals surface area (Å²) in [5.74, 6) is 0. The van der Waals surface area contributed by atoms with Gasteiger partial charge in [0.25, 0.3) is 0 Å². The van der Waals surface area contributed by atoms with Crippen molar-refractivity contribution in [3.05, 3.63) is 0 Å². The molecule has 1 rings (SSSR count). The van der Waals surface area contributed by atoms with Crippen molar-refractivity contribution in [2.45, 2.75) is 29.6 Å². The lowest BCUT2D eigenvalue weighted by Gasteiger charge is -2.31. The third-order valence-electron chi connectivity index (χ3n) is 1.43. The minimum Gasteiger partial charge on any atom is -0.328 e. The van der Waals surface area contributed by atoms with Gasteiger partial charge >= 0.3 is 5.51 Å². The van der Waals surface area contributed by atoms with E-state index in [1.807, 2.05) is 0 Å². The Labute approximate surface area is 61.2 Å². The summed E-state index contributed by atoms with van der Waals surface area (Å²) in [4.78, 5) is 0. The van der Waals surface area contributed by atoms with Gasteiger partial charge in [0.05, 0.1) is 0 Å². The fourth-order valence-corrected chi connectivity index (χ4v) is 1.96. The van der Waals surface area contributed by atoms with Gasteiger partial charge in [-0.15, -0.1) is 0 Å². The van der Waals surface area contributed by atoms with Crippen LogP contribution in [0, 0.1) is 0 Å². The zero-order valence-electron chi connectivity index (χ0n) is 5.19. The topological polar surface area (TPSA) is 26.0 Å². The van der Waals surface area contributed by atoms with Crippen molar-refractivity contribution in [3.8, 4) is 0 Å². The second-order valence-corrected chi connectivity index (χ2v) is 3.78. The molecule has 5 heteroatoms. The third kappa shape index (κ3) is 2.38. The Bertz CT molecular complexity index is 119. The Morgan fingerprint density at radius 1 is 1.30 bits per heavy atom. The molecule has 10 heavy (non-hydrogen) atoms. The SMILES string of the molecule is NC1CC(SC(F)(F)F)C1. The highest BCUT2D eigenvalue weighted by atomic mass is 32.2. The predicted octanol–water partition coefficient (Wildman–Crippen LogP) is 1.73. The lowest BCUT2D eigenvalue weighted by Crippen LogP contribution is -2.39. The summed E-state index contributed by atoms with van der Waals surface area (Å²) in [5, 5.41) is -0.282. The molecule has 0 bridgehead atoms. The molecule has 1 fully saturated rings. The van der Waals surface area contributed by atoms with E-state index in [4.69, 9.17) is 5.73 Å². The molecule has 1 saturated carbocycles. The lowest BCUT2D eigenvalue weighted by atomic mass is 9.94. The molecule has 0 aromatic carbocycles. The van der Waals surface area contributed by atoms with Crippen molar-refractivity contribution in [2.75, 3.05) is 0 Å². The fraction of sp³-hybridized carbons (Fsp3) is 1.00. The zero-order chi connectivity index (χ0) is 7.78. The number of rotatable bonds is 1. The number of alkyl halides is 3. The first kappa shape index (κ1) is 8.20. The van der Waals surface area contributed by atoms with E-state index in [2.05, 4.69) is 0 Å². The van der Waals surface area contributed by atoms with Gasteiger partial charge in [0.2, 0.25) is 0 Å². The Hall–Kier alpha value is 0.100. The summed E-state index contributed by atoms with van der Waals surface area (Å²) in [6, 6.07) is -0.000139. The Morgan fingerprint density at radius 2 is 1.80 bits per heavy atom. The van der Waals surface area contributed by atoms with Crippen LogP contribution in [0.2, 0.25) is 0 Å². The molecule has 0 amide bonds. The van der Waals surface area contributed by atoms with E-state index >= 15 is 0 Å². The molecule has 0 unspecified atom stereocenters. The molecule has 0 heterocycles. The first-order valence-electron chi connectivity index (χ1n) is 2.97. The van der Waals surface area contributed by atoms with Crippen molar-refractivity contribution >= 4 is 11.8 Å². The standard InChI is InChI=1S/C5H8F3NS/c6-5(7,8)10-4-1-3(9)2-4/h3-4H,1-2,9H2. The summed E-state index contributed by atoms with van der Waals surface area (Å²) in [6.07, 6.45) is 1.01. The van der Waals surface area contributed by atoms with E-state index < -0.39 is 5.51 Å². The van der Waals surface area contributed by atoms with Gasteiger partial charge in [0.1, 0.15) is 0 Å². The van der Waals surface area contributed by atoms with Crippen LogP contribution < -0.4 is 5.73 Å². The maximum atomic E-state index is 11.6. The van der Waals surface area contributed by atoms with Gasteiger partial charge < -0.3 is 5.73 Å². The third-order valence-corrected chi connectivity index (χ3v) is 2.42. The highest BCUT2D eigenvalue weighted by molar-refractivity contribution is 8.00. The van der Waals surface area contributed by atoms with Crippen LogP contribution in [0.15, 0.2) is 0 Å². The average molecular weight is 171 g/mol. The zero-order valence-corrected chi connectivity index (χ0v) is 6.00. The van der Waals surface area contributed by atoms with Gasteiger partial charge in [0.15, 0.2) is 0 Å². The van der Waals surface area contributed by atoms with Crippen molar-refractivity contribution in [3.63, 3.8) is 0 Å². The summed E-state index contributed by atoms with van der Waals surface area (Å²) in [7, 11) is 0. The number of thioether (sulfide) groups is 1. The smallest absolute Gasteiger partial charge is 0.328 e. The maximum Gasteiger partial charge on any atom is 0.442 e. The van der Waals surface area contributed by atoms with Crippen LogP contribution in [0.25, 0.3) is 0 Å². The predicted molar refractivity (Wildman–Crippen MR) is 34.6 cm³/mol. The minimum absolute atomic E-state index is 0.000139. The van der Waals surface area contributed by atoms with E-state index in [0.717, 1.165) is 0 Å². The monoisotopic (exact) mass is 171 g/mol. The highest BCUT2D eigenvalue weighted by Crippen LogP contribution is 2.41. The Kier molecular flexibility index (Phi) is 2.15. The lowest BCUT2D eigenvalue weighted by molar-refractivity contribution is -0.0339. The van der Waals surface area contributed by atoms with E-state index in [-0.39, 0.29) is 23.1 Å². The van der Waals surface area contributed by atoms with Crippen LogP contribution in [0.3, 0.4) is 0 Å². The average Bonchev–Trinajstić information content (AvgIpc) is 1.57. The van der Waals surface area contributed by atoms with Gasteiger partial charge in [-0.1, -0.05) is 0 Å². The van der Waals surface area contributed by atoms with E-state index in [0.29, 0.717) is 12.8 Å². The van der Waals surface area contributed by atoms with Gasteiger partial charge in [-0.05, 0) is 24.6 Å².